The number of hydrogen-bond acceptors (Lipinski definition) is 4. The Morgan fingerprint density at radius 3 is 1.80 bits per heavy atom. The summed E-state index contributed by atoms with van der Waals surface area (Å²) in [4.78, 5) is 23.6. The van der Waals surface area contributed by atoms with Crippen LogP contribution >= 0.6 is 0 Å². The van der Waals surface area contributed by atoms with Gasteiger partial charge in [-0.15, -0.1) is 0 Å². The van der Waals surface area contributed by atoms with E-state index in [1.54, 1.807) is 13.8 Å². The van der Waals surface area contributed by atoms with Crippen LogP contribution in [0.3, 0.4) is 0 Å². The van der Waals surface area contributed by atoms with E-state index in [2.05, 4.69) is 0 Å². The molecule has 1 amide bonds. The Labute approximate surface area is 89.7 Å². The van der Waals surface area contributed by atoms with Crippen molar-refractivity contribution in [3.05, 3.63) is 0 Å². The molecule has 88 valence electrons. The van der Waals surface area contributed by atoms with Gasteiger partial charge in [0.1, 0.15) is 5.78 Å². The number of Topliss-reactive ketones (excluding diaryl/α,β-unsaturated/α-hetero) is 1. The molecule has 0 aliphatic rings. The van der Waals surface area contributed by atoms with Gasteiger partial charge in [0.15, 0.2) is 0 Å². The third-order valence-corrected chi connectivity index (χ3v) is 1.72. The normalized spacial score (nSPS) is 14.5. The van der Waals surface area contributed by atoms with Gasteiger partial charge in [-0.05, 0) is 20.8 Å². The summed E-state index contributed by atoms with van der Waals surface area (Å²) in [5.41, 5.74) is 0. The zero-order chi connectivity index (χ0) is 12.0. The first kappa shape index (κ1) is 14.1. The minimum absolute atomic E-state index is 0.136. The van der Waals surface area contributed by atoms with Crippen molar-refractivity contribution in [2.45, 2.75) is 39.4 Å². The molecule has 0 aromatic carbocycles. The number of hydrogen-bond donors (Lipinski definition) is 2. The van der Waals surface area contributed by atoms with Crippen molar-refractivity contribution in [1.29, 1.82) is 0 Å². The van der Waals surface area contributed by atoms with E-state index in [0.717, 1.165) is 0 Å². The van der Waals surface area contributed by atoms with Gasteiger partial charge in [0.05, 0.1) is 18.6 Å². The lowest BCUT2D eigenvalue weighted by Crippen LogP contribution is -2.41. The quantitative estimate of drug-likeness (QED) is 0.591. The van der Waals surface area contributed by atoms with Crippen LogP contribution in [0, 0.1) is 0 Å². The summed E-state index contributed by atoms with van der Waals surface area (Å²) in [5.74, 6) is -0.578. The second kappa shape index (κ2) is 6.53. The number of ketones is 1. The third-order valence-electron chi connectivity index (χ3n) is 1.72. The van der Waals surface area contributed by atoms with Gasteiger partial charge in [-0.1, -0.05) is 0 Å². The van der Waals surface area contributed by atoms with E-state index < -0.39 is 12.2 Å². The molecule has 0 radical (unpaired) electrons. The lowest BCUT2D eigenvalue weighted by molar-refractivity contribution is -0.137. The molecule has 0 heterocycles. The van der Waals surface area contributed by atoms with E-state index in [1.165, 1.54) is 11.8 Å². The Morgan fingerprint density at radius 2 is 1.53 bits per heavy atom. The van der Waals surface area contributed by atoms with E-state index in [9.17, 15) is 9.59 Å². The SMILES string of the molecule is CC(=O)CC(=O)N(CC(C)O)CC(C)O. The standard InChI is InChI=1S/C10H19NO4/c1-7(12)4-10(15)11(5-8(2)13)6-9(3)14/h8-9,13-14H,4-6H2,1-3H3. The highest BCUT2D eigenvalue weighted by Gasteiger charge is 2.18. The summed E-state index contributed by atoms with van der Waals surface area (Å²) < 4.78 is 0. The minimum atomic E-state index is -0.667. The Balaban J connectivity index is 4.33. The maximum absolute atomic E-state index is 11.5. The zero-order valence-electron chi connectivity index (χ0n) is 9.43. The van der Waals surface area contributed by atoms with Crippen molar-refractivity contribution in [3.63, 3.8) is 0 Å². The Morgan fingerprint density at radius 1 is 1.13 bits per heavy atom. The zero-order valence-corrected chi connectivity index (χ0v) is 9.43. The van der Waals surface area contributed by atoms with Gasteiger partial charge in [0.2, 0.25) is 5.91 Å². The summed E-state index contributed by atoms with van der Waals surface area (Å²) in [5, 5.41) is 18.3. The monoisotopic (exact) mass is 217 g/mol. The van der Waals surface area contributed by atoms with Gasteiger partial charge in [0, 0.05) is 13.1 Å². The number of amides is 1. The fourth-order valence-electron chi connectivity index (χ4n) is 1.24. The van der Waals surface area contributed by atoms with Gasteiger partial charge >= 0.3 is 0 Å². The molecule has 0 aromatic rings. The molecule has 5 nitrogen and oxygen atoms in total. The van der Waals surface area contributed by atoms with Crippen molar-refractivity contribution in [2.75, 3.05) is 13.1 Å². The van der Waals surface area contributed by atoms with E-state index in [0.29, 0.717) is 0 Å². The van der Waals surface area contributed by atoms with Crippen LogP contribution in [0.25, 0.3) is 0 Å². The molecule has 5 heteroatoms. The largest absolute Gasteiger partial charge is 0.392 e. The topological polar surface area (TPSA) is 77.8 Å². The van der Waals surface area contributed by atoms with Gasteiger partial charge in [0.25, 0.3) is 0 Å². The summed E-state index contributed by atoms with van der Waals surface area (Å²) in [6.07, 6.45) is -1.52. The van der Waals surface area contributed by atoms with Crippen molar-refractivity contribution < 1.29 is 19.8 Å². The Bertz CT molecular complexity index is 215. The predicted octanol–water partition coefficient (Wildman–Crippen LogP) is -0.444. The summed E-state index contributed by atoms with van der Waals surface area (Å²) in [6, 6.07) is 0. The molecule has 0 saturated heterocycles. The van der Waals surface area contributed by atoms with Crippen LogP contribution in [-0.4, -0.2) is 52.1 Å². The Hall–Kier alpha value is -0.940. The molecule has 0 bridgehead atoms. The number of aliphatic hydroxyl groups is 2. The Kier molecular flexibility index (Phi) is 6.12. The number of carbonyl (C=O) groups excluding carboxylic acids is 2. The number of rotatable bonds is 6. The van der Waals surface area contributed by atoms with E-state index >= 15 is 0 Å². The highest BCUT2D eigenvalue weighted by atomic mass is 16.3. The van der Waals surface area contributed by atoms with E-state index in [4.69, 9.17) is 10.2 Å². The molecule has 15 heavy (non-hydrogen) atoms. The summed E-state index contributed by atoms with van der Waals surface area (Å²) >= 11 is 0. The van der Waals surface area contributed by atoms with Crippen LogP contribution in [0.4, 0.5) is 0 Å². The number of nitrogens with zero attached hydrogens (tertiary/aromatic N) is 1. The fraction of sp³-hybridized carbons (Fsp3) is 0.800. The molecule has 0 fully saturated rings. The average Bonchev–Trinajstić information content (AvgIpc) is 1.99. The molecule has 0 saturated carbocycles. The van der Waals surface area contributed by atoms with Gasteiger partial charge < -0.3 is 15.1 Å². The maximum Gasteiger partial charge on any atom is 0.230 e. The predicted molar refractivity (Wildman–Crippen MR) is 55.2 cm³/mol. The summed E-state index contributed by atoms with van der Waals surface area (Å²) in [7, 11) is 0. The van der Waals surface area contributed by atoms with Gasteiger partial charge in [-0.2, -0.15) is 0 Å². The van der Waals surface area contributed by atoms with Crippen LogP contribution in [0.1, 0.15) is 27.2 Å². The first-order valence-electron chi connectivity index (χ1n) is 4.96. The molecule has 0 aliphatic heterocycles. The van der Waals surface area contributed by atoms with Crippen molar-refractivity contribution in [1.82, 2.24) is 4.90 Å². The van der Waals surface area contributed by atoms with Gasteiger partial charge in [-0.25, -0.2) is 0 Å². The van der Waals surface area contributed by atoms with Crippen molar-refractivity contribution >= 4 is 11.7 Å². The van der Waals surface area contributed by atoms with E-state index in [-0.39, 0.29) is 31.2 Å². The van der Waals surface area contributed by atoms with Crippen LogP contribution in [-0.2, 0) is 9.59 Å². The molecule has 2 atom stereocenters. The average molecular weight is 217 g/mol. The van der Waals surface area contributed by atoms with Crippen LogP contribution in [0.5, 0.6) is 0 Å². The molecule has 0 aliphatic carbocycles. The highest BCUT2D eigenvalue weighted by Crippen LogP contribution is 2.00. The molecule has 0 aromatic heterocycles. The smallest absolute Gasteiger partial charge is 0.230 e. The molecule has 0 spiro atoms. The van der Waals surface area contributed by atoms with Crippen LogP contribution in [0.2, 0.25) is 0 Å². The minimum Gasteiger partial charge on any atom is -0.392 e. The molecule has 2 unspecified atom stereocenters. The lowest BCUT2D eigenvalue weighted by Gasteiger charge is -2.24. The lowest BCUT2D eigenvalue weighted by atomic mass is 10.2. The van der Waals surface area contributed by atoms with Crippen molar-refractivity contribution in [3.8, 4) is 0 Å². The first-order valence-corrected chi connectivity index (χ1v) is 4.96. The van der Waals surface area contributed by atoms with E-state index in [1.807, 2.05) is 0 Å². The summed E-state index contributed by atoms with van der Waals surface area (Å²) in [6.45, 7) is 4.71. The maximum atomic E-state index is 11.5. The van der Waals surface area contributed by atoms with Gasteiger partial charge in [-0.3, -0.25) is 9.59 Å². The second-order valence-corrected chi connectivity index (χ2v) is 3.88. The van der Waals surface area contributed by atoms with Crippen molar-refractivity contribution in [2.24, 2.45) is 0 Å². The first-order chi connectivity index (χ1) is 6.82. The van der Waals surface area contributed by atoms with Crippen LogP contribution in [0.15, 0.2) is 0 Å². The number of carbonyl (C=O) groups is 2. The molecular formula is C10H19NO4. The van der Waals surface area contributed by atoms with Crippen LogP contribution < -0.4 is 0 Å². The second-order valence-electron chi connectivity index (χ2n) is 3.88. The third kappa shape index (κ3) is 7.04. The number of aliphatic hydroxyl groups excluding tert-OH is 2. The molecular weight excluding hydrogens is 198 g/mol. The fourth-order valence-corrected chi connectivity index (χ4v) is 1.24. The molecule has 2 N–H and O–H groups in total. The molecule has 0 rings (SSSR count). The highest BCUT2D eigenvalue weighted by molar-refractivity contribution is 5.96.